The zero-order valence-electron chi connectivity index (χ0n) is 13.2. The molecule has 114 valence electrons. The molecule has 0 amide bonds. The smallest absolute Gasteiger partial charge is 1.00 e. The minimum Gasteiger partial charge on any atom is -1.00 e. The van der Waals surface area contributed by atoms with Crippen LogP contribution < -0.4 is 24.8 Å². The van der Waals surface area contributed by atoms with Gasteiger partial charge in [0.2, 0.25) is 0 Å². The van der Waals surface area contributed by atoms with Gasteiger partial charge in [0.05, 0.1) is 6.10 Å². The number of rotatable bonds is 2. The zero-order chi connectivity index (χ0) is 13.4. The summed E-state index contributed by atoms with van der Waals surface area (Å²) in [6.45, 7) is 10.7. The zero-order valence-corrected chi connectivity index (χ0v) is 16.2. The summed E-state index contributed by atoms with van der Waals surface area (Å²) in [6, 6.07) is 8.20. The molecule has 0 fully saturated rings. The third-order valence-electron chi connectivity index (χ3n) is 4.34. The molecule has 0 saturated carbocycles. The van der Waals surface area contributed by atoms with Crippen LogP contribution in [0.15, 0.2) is 41.0 Å². The predicted octanol–water partition coefficient (Wildman–Crippen LogP) is -1.49. The molecule has 0 saturated heterocycles. The molecular weight excluding hydrogens is 339 g/mol. The SMILES string of the molecule is CC1=C(C)C(C)C(c2ccccc2C(C)O)=C1C.[Cl-].[Cl-].[Ti+2]. The van der Waals surface area contributed by atoms with Gasteiger partial charge in [-0.2, -0.15) is 0 Å². The van der Waals surface area contributed by atoms with E-state index in [0.29, 0.717) is 5.92 Å². The second-order valence-electron chi connectivity index (χ2n) is 5.33. The Hall–Kier alpha value is -0.0457. The largest absolute Gasteiger partial charge is 2.00 e. The standard InChI is InChI=1S/C17H22O.2ClH.Ti/c1-10-11(2)13(4)17(12(10)3)16-9-7-6-8-15(16)14(5)18;;;/h6-9,12,14,18H,1-5H3;2*1H;/q;;;+2/p-2. The third-order valence-corrected chi connectivity index (χ3v) is 4.34. The van der Waals surface area contributed by atoms with Crippen molar-refractivity contribution in [2.45, 2.75) is 40.7 Å². The molecule has 1 aromatic rings. The van der Waals surface area contributed by atoms with Gasteiger partial charge in [0.15, 0.2) is 0 Å². The van der Waals surface area contributed by atoms with Crippen LogP contribution in [-0.2, 0) is 21.7 Å². The van der Waals surface area contributed by atoms with Gasteiger partial charge in [-0.1, -0.05) is 36.8 Å². The Morgan fingerprint density at radius 3 is 1.95 bits per heavy atom. The number of hydrogen-bond donors (Lipinski definition) is 1. The molecule has 2 atom stereocenters. The summed E-state index contributed by atoms with van der Waals surface area (Å²) in [4.78, 5) is 0. The summed E-state index contributed by atoms with van der Waals surface area (Å²) in [5, 5.41) is 9.93. The molecule has 0 aromatic heterocycles. The number of hydrogen-bond acceptors (Lipinski definition) is 1. The van der Waals surface area contributed by atoms with Crippen molar-refractivity contribution in [1.29, 1.82) is 0 Å². The Kier molecular flexibility index (Phi) is 10.1. The molecular formula is C17H22Cl2OTi. The van der Waals surface area contributed by atoms with Crippen LogP contribution in [-0.4, -0.2) is 5.11 Å². The number of benzene rings is 1. The molecule has 0 radical (unpaired) electrons. The van der Waals surface area contributed by atoms with Gasteiger partial charge in [-0.15, -0.1) is 0 Å². The molecule has 0 bridgehead atoms. The fourth-order valence-corrected chi connectivity index (χ4v) is 2.91. The number of halogens is 2. The van der Waals surface area contributed by atoms with Crippen molar-refractivity contribution in [3.63, 3.8) is 0 Å². The van der Waals surface area contributed by atoms with Crippen LogP contribution in [0.25, 0.3) is 5.57 Å². The summed E-state index contributed by atoms with van der Waals surface area (Å²) < 4.78 is 0. The van der Waals surface area contributed by atoms with Crippen LogP contribution in [0.2, 0.25) is 0 Å². The maximum atomic E-state index is 9.93. The molecule has 0 heterocycles. The van der Waals surface area contributed by atoms with Crippen molar-refractivity contribution in [1.82, 2.24) is 0 Å². The first-order valence-corrected chi connectivity index (χ1v) is 6.61. The molecule has 4 heteroatoms. The van der Waals surface area contributed by atoms with E-state index in [0.717, 1.165) is 5.56 Å². The molecule has 1 nitrogen and oxygen atoms in total. The van der Waals surface area contributed by atoms with E-state index in [1.54, 1.807) is 0 Å². The monoisotopic (exact) mass is 360 g/mol. The summed E-state index contributed by atoms with van der Waals surface area (Å²) in [5.74, 6) is 0.449. The maximum Gasteiger partial charge on any atom is 2.00 e. The minimum absolute atomic E-state index is 0. The molecule has 1 aliphatic carbocycles. The molecule has 2 unspecified atom stereocenters. The molecule has 21 heavy (non-hydrogen) atoms. The van der Waals surface area contributed by atoms with Gasteiger partial charge in [-0.25, -0.2) is 0 Å². The number of allylic oxidation sites excluding steroid dienone is 4. The Morgan fingerprint density at radius 2 is 1.52 bits per heavy atom. The van der Waals surface area contributed by atoms with Gasteiger partial charge in [0, 0.05) is 5.92 Å². The Labute approximate surface area is 155 Å². The van der Waals surface area contributed by atoms with E-state index in [9.17, 15) is 5.11 Å². The van der Waals surface area contributed by atoms with Gasteiger partial charge < -0.3 is 29.9 Å². The van der Waals surface area contributed by atoms with Crippen molar-refractivity contribution >= 4 is 5.57 Å². The average molecular weight is 361 g/mol. The molecule has 0 spiro atoms. The van der Waals surface area contributed by atoms with Crippen LogP contribution in [0.4, 0.5) is 0 Å². The summed E-state index contributed by atoms with van der Waals surface area (Å²) in [7, 11) is 0. The average Bonchev–Trinajstić information content (AvgIpc) is 2.54. The summed E-state index contributed by atoms with van der Waals surface area (Å²) >= 11 is 0. The van der Waals surface area contributed by atoms with Crippen LogP contribution in [0, 0.1) is 5.92 Å². The molecule has 0 aliphatic heterocycles. The van der Waals surface area contributed by atoms with Gasteiger partial charge in [0.1, 0.15) is 0 Å². The second-order valence-corrected chi connectivity index (χ2v) is 5.33. The van der Waals surface area contributed by atoms with Crippen LogP contribution in [0.1, 0.15) is 51.8 Å². The van der Waals surface area contributed by atoms with Gasteiger partial charge in [-0.3, -0.25) is 0 Å². The fourth-order valence-electron chi connectivity index (χ4n) is 2.91. The first-order chi connectivity index (χ1) is 8.45. The molecule has 1 aromatic carbocycles. The number of aliphatic hydroxyl groups is 1. The topological polar surface area (TPSA) is 20.2 Å². The summed E-state index contributed by atoms with van der Waals surface area (Å²) in [5.41, 5.74) is 7.82. The van der Waals surface area contributed by atoms with E-state index < -0.39 is 6.10 Å². The maximum absolute atomic E-state index is 9.93. The van der Waals surface area contributed by atoms with Gasteiger partial charge in [0.25, 0.3) is 0 Å². The minimum atomic E-state index is -0.421. The van der Waals surface area contributed by atoms with E-state index in [4.69, 9.17) is 0 Å². The summed E-state index contributed by atoms with van der Waals surface area (Å²) in [6.07, 6.45) is -0.421. The van der Waals surface area contributed by atoms with Crippen molar-refractivity contribution < 1.29 is 51.6 Å². The van der Waals surface area contributed by atoms with E-state index in [-0.39, 0.29) is 46.5 Å². The Morgan fingerprint density at radius 1 is 1.00 bits per heavy atom. The van der Waals surface area contributed by atoms with Gasteiger partial charge in [-0.05, 0) is 55.5 Å². The first-order valence-electron chi connectivity index (χ1n) is 6.61. The van der Waals surface area contributed by atoms with Crippen LogP contribution in [0.3, 0.4) is 0 Å². The fraction of sp³-hybridized carbons (Fsp3) is 0.412. The van der Waals surface area contributed by atoms with Gasteiger partial charge >= 0.3 is 21.7 Å². The van der Waals surface area contributed by atoms with E-state index >= 15 is 0 Å². The van der Waals surface area contributed by atoms with E-state index in [1.165, 1.54) is 27.9 Å². The van der Waals surface area contributed by atoms with Crippen molar-refractivity contribution in [2.24, 2.45) is 5.92 Å². The van der Waals surface area contributed by atoms with Crippen LogP contribution in [0.5, 0.6) is 0 Å². The van der Waals surface area contributed by atoms with Crippen molar-refractivity contribution in [3.8, 4) is 0 Å². The molecule has 1 aliphatic rings. The van der Waals surface area contributed by atoms with E-state index in [1.807, 2.05) is 19.1 Å². The van der Waals surface area contributed by atoms with Crippen molar-refractivity contribution in [2.75, 3.05) is 0 Å². The molecule has 1 N–H and O–H groups in total. The van der Waals surface area contributed by atoms with E-state index in [2.05, 4.69) is 39.8 Å². The normalized spacial score (nSPS) is 18.7. The quantitative estimate of drug-likeness (QED) is 0.637. The molecule has 2 rings (SSSR count). The Balaban J connectivity index is 0. The van der Waals surface area contributed by atoms with Crippen molar-refractivity contribution in [3.05, 3.63) is 52.1 Å². The second kappa shape index (κ2) is 9.17. The number of aliphatic hydroxyl groups excluding tert-OH is 1. The third kappa shape index (κ3) is 4.24. The Bertz CT molecular complexity index is 547. The predicted molar refractivity (Wildman–Crippen MR) is 77.2 cm³/mol. The van der Waals surface area contributed by atoms with Crippen LogP contribution >= 0.6 is 0 Å². The first kappa shape index (κ1) is 23.2.